The molecule has 0 spiro atoms. The number of methoxy groups -OCH3 is 1. The number of aryl methyl sites for hydroxylation is 1. The lowest BCUT2D eigenvalue weighted by Gasteiger charge is -2.11. The van der Waals surface area contributed by atoms with Crippen LogP contribution in [0.4, 0.5) is 11.4 Å². The monoisotopic (exact) mass is 386 g/mol. The minimum absolute atomic E-state index is 0.0214. The van der Waals surface area contributed by atoms with Crippen molar-refractivity contribution in [2.24, 2.45) is 0 Å². The topological polar surface area (TPSA) is 108 Å². The smallest absolute Gasteiger partial charge is 0.338 e. The molecule has 8 heteroatoms. The van der Waals surface area contributed by atoms with E-state index < -0.39 is 23.4 Å². The molecule has 0 saturated heterocycles. The highest BCUT2D eigenvalue weighted by Crippen LogP contribution is 2.32. The Morgan fingerprint density at radius 1 is 1.18 bits per heavy atom. The number of nitro benzene ring substituents is 1. The van der Waals surface area contributed by atoms with E-state index in [0.29, 0.717) is 22.7 Å². The zero-order valence-corrected chi connectivity index (χ0v) is 16.1. The minimum atomic E-state index is -0.608. The lowest BCUT2D eigenvalue weighted by molar-refractivity contribution is -0.385. The van der Waals surface area contributed by atoms with Gasteiger partial charge in [-0.1, -0.05) is 26.0 Å². The summed E-state index contributed by atoms with van der Waals surface area (Å²) < 4.78 is 10.0. The average Bonchev–Trinajstić information content (AvgIpc) is 2.67. The van der Waals surface area contributed by atoms with Crippen LogP contribution < -0.4 is 10.1 Å². The number of benzene rings is 2. The van der Waals surface area contributed by atoms with E-state index in [1.54, 1.807) is 19.1 Å². The summed E-state index contributed by atoms with van der Waals surface area (Å²) in [5.41, 5.74) is 2.07. The van der Waals surface area contributed by atoms with Gasteiger partial charge in [-0.2, -0.15) is 0 Å². The Bertz CT molecular complexity index is 890. The van der Waals surface area contributed by atoms with Gasteiger partial charge in [0, 0.05) is 17.8 Å². The summed E-state index contributed by atoms with van der Waals surface area (Å²) in [5.74, 6) is -0.805. The molecule has 1 N–H and O–H groups in total. The summed E-state index contributed by atoms with van der Waals surface area (Å²) in [4.78, 5) is 34.6. The van der Waals surface area contributed by atoms with Gasteiger partial charge in [-0.05, 0) is 36.1 Å². The first-order valence-corrected chi connectivity index (χ1v) is 8.63. The van der Waals surface area contributed by atoms with Gasteiger partial charge in [-0.25, -0.2) is 4.79 Å². The summed E-state index contributed by atoms with van der Waals surface area (Å²) in [6.07, 6.45) is 0. The number of amides is 1. The fourth-order valence-electron chi connectivity index (χ4n) is 2.52. The van der Waals surface area contributed by atoms with Gasteiger partial charge in [0.05, 0.1) is 17.6 Å². The van der Waals surface area contributed by atoms with Crippen molar-refractivity contribution in [1.82, 2.24) is 0 Å². The number of hydrogen-bond donors (Lipinski definition) is 1. The molecule has 0 aliphatic carbocycles. The van der Waals surface area contributed by atoms with Crippen LogP contribution in [-0.2, 0) is 9.53 Å². The molecule has 2 rings (SSSR count). The first-order valence-electron chi connectivity index (χ1n) is 8.63. The van der Waals surface area contributed by atoms with E-state index in [1.807, 2.05) is 26.0 Å². The number of ether oxygens (including phenoxy) is 2. The van der Waals surface area contributed by atoms with Crippen molar-refractivity contribution in [2.45, 2.75) is 26.7 Å². The number of nitro groups is 1. The maximum absolute atomic E-state index is 12.1. The number of nitrogens with zero attached hydrogens (tertiary/aromatic N) is 1. The van der Waals surface area contributed by atoms with Crippen LogP contribution in [0.5, 0.6) is 5.75 Å². The SMILES string of the molecule is COc1cc(NC(=O)COC(=O)c2ccc(C(C)C)cc2)c(C)cc1[N+](=O)[O-]. The third kappa shape index (κ3) is 5.06. The highest BCUT2D eigenvalue weighted by molar-refractivity contribution is 5.96. The summed E-state index contributed by atoms with van der Waals surface area (Å²) in [7, 11) is 1.30. The van der Waals surface area contributed by atoms with Crippen molar-refractivity contribution < 1.29 is 24.0 Å². The molecular weight excluding hydrogens is 364 g/mol. The third-order valence-electron chi connectivity index (χ3n) is 4.14. The molecule has 0 saturated carbocycles. The number of carbonyl (C=O) groups is 2. The Balaban J connectivity index is 2.00. The second kappa shape index (κ2) is 8.98. The first-order chi connectivity index (χ1) is 13.2. The number of nitrogens with one attached hydrogen (secondary N) is 1. The molecule has 2 aromatic carbocycles. The average molecular weight is 386 g/mol. The van der Waals surface area contributed by atoms with Gasteiger partial charge in [0.2, 0.25) is 0 Å². The van der Waals surface area contributed by atoms with Crippen molar-refractivity contribution in [2.75, 3.05) is 19.0 Å². The first kappa shape index (κ1) is 20.9. The molecule has 0 atom stereocenters. The summed E-state index contributed by atoms with van der Waals surface area (Å²) >= 11 is 0. The molecule has 148 valence electrons. The maximum atomic E-state index is 12.1. The van der Waals surface area contributed by atoms with E-state index >= 15 is 0 Å². The Hall–Kier alpha value is -3.42. The van der Waals surface area contributed by atoms with Crippen LogP contribution in [0.25, 0.3) is 0 Å². The molecule has 0 aliphatic heterocycles. The number of esters is 1. The summed E-state index contributed by atoms with van der Waals surface area (Å²) in [5, 5.41) is 13.6. The van der Waals surface area contributed by atoms with E-state index in [1.165, 1.54) is 19.2 Å². The molecule has 0 heterocycles. The molecule has 0 bridgehead atoms. The molecule has 28 heavy (non-hydrogen) atoms. The zero-order chi connectivity index (χ0) is 20.8. The van der Waals surface area contributed by atoms with E-state index in [-0.39, 0.29) is 11.4 Å². The van der Waals surface area contributed by atoms with Crippen molar-refractivity contribution in [3.05, 3.63) is 63.2 Å². The Morgan fingerprint density at radius 3 is 2.36 bits per heavy atom. The molecule has 8 nitrogen and oxygen atoms in total. The second-order valence-electron chi connectivity index (χ2n) is 6.50. The number of hydrogen-bond acceptors (Lipinski definition) is 6. The van der Waals surface area contributed by atoms with Crippen LogP contribution in [0.15, 0.2) is 36.4 Å². The summed E-state index contributed by atoms with van der Waals surface area (Å²) in [6, 6.07) is 9.65. The van der Waals surface area contributed by atoms with Gasteiger partial charge >= 0.3 is 11.7 Å². The Kier molecular flexibility index (Phi) is 6.70. The number of carbonyl (C=O) groups excluding carboxylic acids is 2. The zero-order valence-electron chi connectivity index (χ0n) is 16.1. The highest BCUT2D eigenvalue weighted by atomic mass is 16.6. The molecule has 0 fully saturated rings. The van der Waals surface area contributed by atoms with Gasteiger partial charge < -0.3 is 14.8 Å². The number of rotatable bonds is 7. The summed E-state index contributed by atoms with van der Waals surface area (Å²) in [6.45, 7) is 5.23. The van der Waals surface area contributed by atoms with Gasteiger partial charge in [-0.15, -0.1) is 0 Å². The van der Waals surface area contributed by atoms with Crippen LogP contribution in [0, 0.1) is 17.0 Å². The van der Waals surface area contributed by atoms with E-state index in [0.717, 1.165) is 5.56 Å². The fourth-order valence-corrected chi connectivity index (χ4v) is 2.52. The van der Waals surface area contributed by atoms with Gasteiger partial charge in [0.1, 0.15) is 0 Å². The lowest BCUT2D eigenvalue weighted by Crippen LogP contribution is -2.21. The lowest BCUT2D eigenvalue weighted by atomic mass is 10.0. The standard InChI is InChI=1S/C20H22N2O6/c1-12(2)14-5-7-15(8-6-14)20(24)28-11-19(23)21-16-10-18(27-4)17(22(25)26)9-13(16)3/h5-10,12H,11H2,1-4H3,(H,21,23). The van der Waals surface area contributed by atoms with Crippen molar-refractivity contribution >= 4 is 23.3 Å². The molecular formula is C20H22N2O6. The van der Waals surface area contributed by atoms with E-state index in [4.69, 9.17) is 9.47 Å². The quantitative estimate of drug-likeness (QED) is 0.440. The number of anilines is 1. The van der Waals surface area contributed by atoms with Crippen molar-refractivity contribution in [3.8, 4) is 5.75 Å². The van der Waals surface area contributed by atoms with Crippen LogP contribution in [0.3, 0.4) is 0 Å². The largest absolute Gasteiger partial charge is 0.490 e. The molecule has 0 aromatic heterocycles. The van der Waals surface area contributed by atoms with E-state index in [2.05, 4.69) is 5.32 Å². The van der Waals surface area contributed by atoms with Crippen LogP contribution in [0.1, 0.15) is 41.3 Å². The normalized spacial score (nSPS) is 10.5. The van der Waals surface area contributed by atoms with Crippen molar-refractivity contribution in [3.63, 3.8) is 0 Å². The van der Waals surface area contributed by atoms with Crippen LogP contribution >= 0.6 is 0 Å². The van der Waals surface area contributed by atoms with Crippen molar-refractivity contribution in [1.29, 1.82) is 0 Å². The predicted octanol–water partition coefficient (Wildman–Crippen LogP) is 3.83. The Labute approximate surface area is 162 Å². The van der Waals surface area contributed by atoms with E-state index in [9.17, 15) is 19.7 Å². The van der Waals surface area contributed by atoms with Gasteiger partial charge in [-0.3, -0.25) is 14.9 Å². The Morgan fingerprint density at radius 2 is 1.82 bits per heavy atom. The van der Waals surface area contributed by atoms with Gasteiger partial charge in [0.15, 0.2) is 12.4 Å². The van der Waals surface area contributed by atoms with Gasteiger partial charge in [0.25, 0.3) is 5.91 Å². The maximum Gasteiger partial charge on any atom is 0.338 e. The van der Waals surface area contributed by atoms with Crippen LogP contribution in [-0.4, -0.2) is 30.5 Å². The minimum Gasteiger partial charge on any atom is -0.490 e. The molecule has 2 aromatic rings. The second-order valence-corrected chi connectivity index (χ2v) is 6.50. The predicted molar refractivity (Wildman–Crippen MR) is 104 cm³/mol. The fraction of sp³-hybridized carbons (Fsp3) is 0.300. The van der Waals surface area contributed by atoms with Crippen LogP contribution in [0.2, 0.25) is 0 Å². The highest BCUT2D eigenvalue weighted by Gasteiger charge is 2.19. The molecule has 0 unspecified atom stereocenters. The third-order valence-corrected chi connectivity index (χ3v) is 4.14. The molecule has 0 aliphatic rings. The molecule has 0 radical (unpaired) electrons. The molecule has 1 amide bonds.